The molecule has 0 bridgehead atoms. The van der Waals surface area contributed by atoms with Crippen LogP contribution in [0.1, 0.15) is 91.5 Å². The quantitative estimate of drug-likeness (QED) is 0.645. The first kappa shape index (κ1) is 16.3. The smallest absolute Gasteiger partial charge is 0.267 e. The zero-order valence-electron chi connectivity index (χ0n) is 13.9. The fraction of sp³-hybridized carbons (Fsp3) is 0.684. The second-order valence-electron chi connectivity index (χ2n) is 7.16. The molecule has 2 saturated carbocycles. The standard InChI is InChI=1S/C19H28N2O2/c22-18(14-8-4-3-5-9-14)15-12-17(20-13-15)19(23)21-16-10-6-1-2-7-11-16/h12-14,16,20H,1-11H2,(H,21,23). The lowest BCUT2D eigenvalue weighted by Crippen LogP contribution is -2.34. The molecule has 2 fully saturated rings. The van der Waals surface area contributed by atoms with Gasteiger partial charge in [0.25, 0.3) is 5.91 Å². The summed E-state index contributed by atoms with van der Waals surface area (Å²) in [6.07, 6.45) is 14.3. The summed E-state index contributed by atoms with van der Waals surface area (Å²) in [7, 11) is 0. The van der Waals surface area contributed by atoms with Crippen LogP contribution in [0, 0.1) is 5.92 Å². The summed E-state index contributed by atoms with van der Waals surface area (Å²) in [6, 6.07) is 2.02. The summed E-state index contributed by atoms with van der Waals surface area (Å²) < 4.78 is 0. The van der Waals surface area contributed by atoms with Gasteiger partial charge >= 0.3 is 0 Å². The third-order valence-corrected chi connectivity index (χ3v) is 5.38. The molecule has 23 heavy (non-hydrogen) atoms. The van der Waals surface area contributed by atoms with E-state index in [1.54, 1.807) is 12.3 Å². The van der Waals surface area contributed by atoms with Crippen molar-refractivity contribution in [3.05, 3.63) is 23.5 Å². The first-order chi connectivity index (χ1) is 11.2. The minimum atomic E-state index is -0.0698. The molecule has 3 rings (SSSR count). The molecule has 0 spiro atoms. The third kappa shape index (κ3) is 4.24. The van der Waals surface area contributed by atoms with E-state index in [0.717, 1.165) is 38.5 Å². The van der Waals surface area contributed by atoms with Crippen molar-refractivity contribution < 1.29 is 9.59 Å². The summed E-state index contributed by atoms with van der Waals surface area (Å²) in [5, 5.41) is 3.13. The normalized spacial score (nSPS) is 20.9. The van der Waals surface area contributed by atoms with Crippen molar-refractivity contribution >= 4 is 11.7 Å². The van der Waals surface area contributed by atoms with Crippen molar-refractivity contribution in [2.24, 2.45) is 5.92 Å². The molecular weight excluding hydrogens is 288 g/mol. The van der Waals surface area contributed by atoms with Crippen LogP contribution in [0.25, 0.3) is 0 Å². The van der Waals surface area contributed by atoms with E-state index >= 15 is 0 Å². The fourth-order valence-corrected chi connectivity index (χ4v) is 3.96. The van der Waals surface area contributed by atoms with Crippen LogP contribution in [-0.2, 0) is 0 Å². The molecular formula is C19H28N2O2. The number of H-pyrrole nitrogens is 1. The Bertz CT molecular complexity index is 535. The Labute approximate surface area is 138 Å². The molecule has 4 heteroatoms. The van der Waals surface area contributed by atoms with Gasteiger partial charge in [0, 0.05) is 23.7 Å². The van der Waals surface area contributed by atoms with Crippen LogP contribution in [0.3, 0.4) is 0 Å². The van der Waals surface area contributed by atoms with Crippen LogP contribution in [0.2, 0.25) is 0 Å². The Hall–Kier alpha value is -1.58. The van der Waals surface area contributed by atoms with Crippen LogP contribution >= 0.6 is 0 Å². The van der Waals surface area contributed by atoms with Gasteiger partial charge in [-0.25, -0.2) is 0 Å². The number of carbonyl (C=O) groups is 2. The molecule has 1 aromatic rings. The van der Waals surface area contributed by atoms with Gasteiger partial charge in [0.15, 0.2) is 5.78 Å². The predicted octanol–water partition coefficient (Wildman–Crippen LogP) is 4.23. The molecule has 2 N–H and O–H groups in total. The molecule has 1 aromatic heterocycles. The van der Waals surface area contributed by atoms with Gasteiger partial charge in [-0.2, -0.15) is 0 Å². The number of nitrogens with one attached hydrogen (secondary N) is 2. The summed E-state index contributed by atoms with van der Waals surface area (Å²) in [5.74, 6) is 0.284. The highest BCUT2D eigenvalue weighted by atomic mass is 16.2. The zero-order valence-corrected chi connectivity index (χ0v) is 13.9. The number of hydrogen-bond donors (Lipinski definition) is 2. The highest BCUT2D eigenvalue weighted by Crippen LogP contribution is 2.27. The number of amides is 1. The number of carbonyl (C=O) groups excluding carboxylic acids is 2. The monoisotopic (exact) mass is 316 g/mol. The van der Waals surface area contributed by atoms with E-state index in [4.69, 9.17) is 0 Å². The Morgan fingerprint density at radius 2 is 1.52 bits per heavy atom. The minimum absolute atomic E-state index is 0.0698. The molecule has 1 heterocycles. The SMILES string of the molecule is O=C(NC1CCCCCC1)c1cc(C(=O)C2CCCCC2)c[nH]1. The van der Waals surface area contributed by atoms with Crippen LogP contribution in [0.4, 0.5) is 0 Å². The van der Waals surface area contributed by atoms with Gasteiger partial charge in [-0.15, -0.1) is 0 Å². The zero-order chi connectivity index (χ0) is 16.1. The Morgan fingerprint density at radius 1 is 0.913 bits per heavy atom. The lowest BCUT2D eigenvalue weighted by Gasteiger charge is -2.19. The topological polar surface area (TPSA) is 62.0 Å². The molecule has 0 radical (unpaired) electrons. The second-order valence-corrected chi connectivity index (χ2v) is 7.16. The van der Waals surface area contributed by atoms with E-state index in [1.807, 2.05) is 0 Å². The Balaban J connectivity index is 1.59. The van der Waals surface area contributed by atoms with Gasteiger partial charge in [-0.1, -0.05) is 44.9 Å². The number of ketones is 1. The van der Waals surface area contributed by atoms with E-state index in [0.29, 0.717) is 11.3 Å². The summed E-state index contributed by atoms with van der Waals surface area (Å²) in [4.78, 5) is 27.9. The lowest BCUT2D eigenvalue weighted by atomic mass is 9.84. The Morgan fingerprint density at radius 3 is 2.22 bits per heavy atom. The number of Topliss-reactive ketones (excluding diaryl/α,β-unsaturated/α-hetero) is 1. The van der Waals surface area contributed by atoms with E-state index < -0.39 is 0 Å². The van der Waals surface area contributed by atoms with Crippen molar-refractivity contribution in [1.82, 2.24) is 10.3 Å². The van der Waals surface area contributed by atoms with Crippen molar-refractivity contribution in [3.8, 4) is 0 Å². The molecule has 126 valence electrons. The van der Waals surface area contributed by atoms with Gasteiger partial charge in [0.05, 0.1) is 0 Å². The van der Waals surface area contributed by atoms with Crippen LogP contribution in [0.5, 0.6) is 0 Å². The minimum Gasteiger partial charge on any atom is -0.356 e. The highest BCUT2D eigenvalue weighted by Gasteiger charge is 2.24. The molecule has 2 aliphatic rings. The van der Waals surface area contributed by atoms with Crippen molar-refractivity contribution in [3.63, 3.8) is 0 Å². The molecule has 0 aromatic carbocycles. The number of hydrogen-bond acceptors (Lipinski definition) is 2. The summed E-state index contributed by atoms with van der Waals surface area (Å²) in [6.45, 7) is 0. The number of aromatic nitrogens is 1. The average Bonchev–Trinajstić information content (AvgIpc) is 2.94. The van der Waals surface area contributed by atoms with E-state index in [1.165, 1.54) is 32.1 Å². The van der Waals surface area contributed by atoms with Crippen molar-refractivity contribution in [2.45, 2.75) is 76.7 Å². The number of aromatic amines is 1. The largest absolute Gasteiger partial charge is 0.356 e. The fourth-order valence-electron chi connectivity index (χ4n) is 3.96. The van der Waals surface area contributed by atoms with Crippen molar-refractivity contribution in [2.75, 3.05) is 0 Å². The molecule has 0 saturated heterocycles. The predicted molar refractivity (Wildman–Crippen MR) is 90.7 cm³/mol. The van der Waals surface area contributed by atoms with Crippen LogP contribution < -0.4 is 5.32 Å². The molecule has 0 aliphatic heterocycles. The first-order valence-electron chi connectivity index (χ1n) is 9.27. The maximum absolute atomic E-state index is 12.5. The lowest BCUT2D eigenvalue weighted by molar-refractivity contribution is 0.0889. The Kier molecular flexibility index (Phi) is 5.52. The molecule has 0 atom stereocenters. The maximum Gasteiger partial charge on any atom is 0.267 e. The van der Waals surface area contributed by atoms with E-state index in [2.05, 4.69) is 10.3 Å². The van der Waals surface area contributed by atoms with Gasteiger partial charge in [0.1, 0.15) is 5.69 Å². The van der Waals surface area contributed by atoms with Gasteiger partial charge in [-0.05, 0) is 31.7 Å². The summed E-state index contributed by atoms with van der Waals surface area (Å²) in [5.41, 5.74) is 1.19. The van der Waals surface area contributed by atoms with Gasteiger partial charge in [-0.3, -0.25) is 9.59 Å². The van der Waals surface area contributed by atoms with E-state index in [-0.39, 0.29) is 23.7 Å². The van der Waals surface area contributed by atoms with Crippen LogP contribution in [0.15, 0.2) is 12.3 Å². The van der Waals surface area contributed by atoms with Gasteiger partial charge in [0.2, 0.25) is 0 Å². The average molecular weight is 316 g/mol. The van der Waals surface area contributed by atoms with E-state index in [9.17, 15) is 9.59 Å². The summed E-state index contributed by atoms with van der Waals surface area (Å²) >= 11 is 0. The van der Waals surface area contributed by atoms with Crippen LogP contribution in [-0.4, -0.2) is 22.7 Å². The second kappa shape index (κ2) is 7.80. The molecule has 2 aliphatic carbocycles. The van der Waals surface area contributed by atoms with Crippen molar-refractivity contribution in [1.29, 1.82) is 0 Å². The highest BCUT2D eigenvalue weighted by molar-refractivity contribution is 6.01. The molecule has 0 unspecified atom stereocenters. The first-order valence-corrected chi connectivity index (χ1v) is 9.27. The maximum atomic E-state index is 12.5. The molecule has 1 amide bonds. The van der Waals surface area contributed by atoms with Gasteiger partial charge < -0.3 is 10.3 Å². The third-order valence-electron chi connectivity index (χ3n) is 5.38. The number of rotatable bonds is 4. The molecule has 4 nitrogen and oxygen atoms in total.